The fraction of sp³-hybridized carbons (Fsp3) is 0.214. The third kappa shape index (κ3) is 5.15. The molecule has 0 saturated heterocycles. The average molecular weight is 399 g/mol. The summed E-state index contributed by atoms with van der Waals surface area (Å²) < 4.78 is 0. The number of hydrogen-bond donors (Lipinski definition) is 2. The van der Waals surface area contributed by atoms with Crippen LogP contribution in [0.3, 0.4) is 0 Å². The van der Waals surface area contributed by atoms with Gasteiger partial charge in [-0.3, -0.25) is 0 Å². The summed E-state index contributed by atoms with van der Waals surface area (Å²) in [6, 6.07) is 27.8. The summed E-state index contributed by atoms with van der Waals surface area (Å²) in [6.45, 7) is 7.74. The molecule has 0 spiro atoms. The van der Waals surface area contributed by atoms with E-state index in [1.54, 1.807) is 6.08 Å². The van der Waals surface area contributed by atoms with Crippen molar-refractivity contribution in [2.75, 3.05) is 0 Å². The topological polar surface area (TPSA) is 40.5 Å². The Morgan fingerprint density at radius 3 is 1.90 bits per heavy atom. The standard InChI is InChI=1S/C28H30O2/c1-3-11-27(29)24-16-18-26(19-17-24)28(30,21-23-14-9-6-10-15-23)25(4-2)20-22-12-7-5-8-13-22/h3-10,12-19,25,27,29-30H,1-2,11,20-21H2. The van der Waals surface area contributed by atoms with Crippen molar-refractivity contribution < 1.29 is 10.2 Å². The molecule has 0 aromatic heterocycles. The summed E-state index contributed by atoms with van der Waals surface area (Å²) in [6.07, 6.45) is 4.64. The van der Waals surface area contributed by atoms with Gasteiger partial charge in [-0.25, -0.2) is 0 Å². The number of aliphatic hydroxyl groups excluding tert-OH is 1. The van der Waals surface area contributed by atoms with Gasteiger partial charge in [-0.05, 0) is 35.1 Å². The van der Waals surface area contributed by atoms with Gasteiger partial charge in [0, 0.05) is 12.3 Å². The van der Waals surface area contributed by atoms with E-state index in [1.165, 1.54) is 0 Å². The highest BCUT2D eigenvalue weighted by molar-refractivity contribution is 5.33. The van der Waals surface area contributed by atoms with Gasteiger partial charge >= 0.3 is 0 Å². The minimum Gasteiger partial charge on any atom is -0.388 e. The molecule has 0 aliphatic heterocycles. The van der Waals surface area contributed by atoms with Crippen LogP contribution in [-0.4, -0.2) is 10.2 Å². The van der Waals surface area contributed by atoms with Crippen LogP contribution in [-0.2, 0) is 18.4 Å². The lowest BCUT2D eigenvalue weighted by Crippen LogP contribution is -2.37. The Labute approximate surface area is 179 Å². The van der Waals surface area contributed by atoms with Crippen molar-refractivity contribution in [3.05, 3.63) is 132 Å². The van der Waals surface area contributed by atoms with E-state index in [1.807, 2.05) is 78.9 Å². The van der Waals surface area contributed by atoms with Gasteiger partial charge in [0.25, 0.3) is 0 Å². The molecule has 0 radical (unpaired) electrons. The van der Waals surface area contributed by atoms with E-state index < -0.39 is 11.7 Å². The molecule has 30 heavy (non-hydrogen) atoms. The summed E-state index contributed by atoms with van der Waals surface area (Å²) in [5.74, 6) is -0.177. The molecule has 0 fully saturated rings. The molecule has 3 rings (SSSR count). The van der Waals surface area contributed by atoms with Crippen LogP contribution >= 0.6 is 0 Å². The first-order valence-corrected chi connectivity index (χ1v) is 10.4. The van der Waals surface area contributed by atoms with Crippen molar-refractivity contribution in [1.29, 1.82) is 0 Å². The van der Waals surface area contributed by atoms with Gasteiger partial charge in [0.2, 0.25) is 0 Å². The normalized spacial score (nSPS) is 15.0. The molecule has 0 bridgehead atoms. The highest BCUT2D eigenvalue weighted by Crippen LogP contribution is 2.37. The molecule has 0 aliphatic rings. The maximum absolute atomic E-state index is 12.0. The molecule has 3 unspecified atom stereocenters. The molecule has 2 N–H and O–H groups in total. The lowest BCUT2D eigenvalue weighted by atomic mass is 9.74. The largest absolute Gasteiger partial charge is 0.388 e. The Morgan fingerprint density at radius 2 is 1.37 bits per heavy atom. The van der Waals surface area contributed by atoms with E-state index in [2.05, 4.69) is 25.3 Å². The molecule has 0 saturated carbocycles. The Balaban J connectivity index is 1.98. The molecule has 3 aromatic rings. The third-order valence-electron chi connectivity index (χ3n) is 5.70. The Morgan fingerprint density at radius 1 is 0.800 bits per heavy atom. The van der Waals surface area contributed by atoms with E-state index in [-0.39, 0.29) is 5.92 Å². The van der Waals surface area contributed by atoms with E-state index in [9.17, 15) is 10.2 Å². The zero-order valence-corrected chi connectivity index (χ0v) is 17.3. The first-order valence-electron chi connectivity index (χ1n) is 10.4. The van der Waals surface area contributed by atoms with Crippen LogP contribution in [0.15, 0.2) is 110 Å². The molecule has 154 valence electrons. The minimum absolute atomic E-state index is 0.177. The van der Waals surface area contributed by atoms with Crippen molar-refractivity contribution in [3.63, 3.8) is 0 Å². The molecular formula is C28H30O2. The van der Waals surface area contributed by atoms with E-state index in [0.717, 1.165) is 22.3 Å². The SMILES string of the molecule is C=CCC(O)c1ccc(C(O)(Cc2ccccc2)C(C=C)Cc2ccccc2)cc1. The predicted octanol–water partition coefficient (Wildman–Crippen LogP) is 5.77. The van der Waals surface area contributed by atoms with Gasteiger partial charge in [0.05, 0.1) is 6.10 Å². The zero-order chi connectivity index (χ0) is 21.4. The highest BCUT2D eigenvalue weighted by Gasteiger charge is 2.37. The lowest BCUT2D eigenvalue weighted by Gasteiger charge is -2.36. The number of aliphatic hydroxyl groups is 2. The summed E-state index contributed by atoms with van der Waals surface area (Å²) in [4.78, 5) is 0. The maximum Gasteiger partial charge on any atom is 0.100 e. The van der Waals surface area contributed by atoms with Crippen LogP contribution in [0, 0.1) is 5.92 Å². The Kier molecular flexibility index (Phi) is 7.40. The number of rotatable bonds is 10. The molecule has 0 amide bonds. The van der Waals surface area contributed by atoms with Gasteiger partial charge in [-0.1, -0.05) is 97.1 Å². The molecule has 2 nitrogen and oxygen atoms in total. The Bertz CT molecular complexity index is 931. The number of hydrogen-bond acceptors (Lipinski definition) is 2. The quantitative estimate of drug-likeness (QED) is 0.426. The molecule has 0 aliphatic carbocycles. The second-order valence-electron chi connectivity index (χ2n) is 7.78. The van der Waals surface area contributed by atoms with Gasteiger partial charge < -0.3 is 10.2 Å². The Hall–Kier alpha value is -2.94. The fourth-order valence-electron chi connectivity index (χ4n) is 3.96. The van der Waals surface area contributed by atoms with Crippen LogP contribution in [0.5, 0.6) is 0 Å². The van der Waals surface area contributed by atoms with Crippen molar-refractivity contribution >= 4 is 0 Å². The minimum atomic E-state index is -1.12. The summed E-state index contributed by atoms with van der Waals surface area (Å²) in [7, 11) is 0. The van der Waals surface area contributed by atoms with Crippen LogP contribution in [0.25, 0.3) is 0 Å². The lowest BCUT2D eigenvalue weighted by molar-refractivity contribution is -0.00555. The van der Waals surface area contributed by atoms with Gasteiger partial charge in [0.1, 0.15) is 5.60 Å². The summed E-state index contributed by atoms with van der Waals surface area (Å²) in [5.41, 5.74) is 2.74. The first kappa shape index (κ1) is 21.8. The third-order valence-corrected chi connectivity index (χ3v) is 5.70. The van der Waals surface area contributed by atoms with Gasteiger partial charge in [-0.2, -0.15) is 0 Å². The van der Waals surface area contributed by atoms with E-state index in [0.29, 0.717) is 19.3 Å². The predicted molar refractivity (Wildman–Crippen MR) is 124 cm³/mol. The van der Waals surface area contributed by atoms with Crippen molar-refractivity contribution in [2.45, 2.75) is 31.0 Å². The van der Waals surface area contributed by atoms with Crippen LogP contribution in [0.2, 0.25) is 0 Å². The number of benzene rings is 3. The van der Waals surface area contributed by atoms with Gasteiger partial charge in [0.15, 0.2) is 0 Å². The van der Waals surface area contributed by atoms with Crippen molar-refractivity contribution in [1.82, 2.24) is 0 Å². The smallest absolute Gasteiger partial charge is 0.100 e. The fourth-order valence-corrected chi connectivity index (χ4v) is 3.96. The molecule has 2 heteroatoms. The second kappa shape index (κ2) is 10.2. The highest BCUT2D eigenvalue weighted by atomic mass is 16.3. The summed E-state index contributed by atoms with van der Waals surface area (Å²) >= 11 is 0. The van der Waals surface area contributed by atoms with Gasteiger partial charge in [-0.15, -0.1) is 13.2 Å². The second-order valence-corrected chi connectivity index (χ2v) is 7.78. The molecule has 3 atom stereocenters. The van der Waals surface area contributed by atoms with E-state index in [4.69, 9.17) is 0 Å². The molecule has 0 heterocycles. The zero-order valence-electron chi connectivity index (χ0n) is 17.3. The van der Waals surface area contributed by atoms with Crippen LogP contribution in [0.1, 0.15) is 34.8 Å². The monoisotopic (exact) mass is 398 g/mol. The summed E-state index contributed by atoms with van der Waals surface area (Å²) in [5, 5.41) is 22.3. The van der Waals surface area contributed by atoms with Crippen molar-refractivity contribution in [2.24, 2.45) is 5.92 Å². The van der Waals surface area contributed by atoms with Crippen LogP contribution < -0.4 is 0 Å². The molecule has 3 aromatic carbocycles. The average Bonchev–Trinajstić information content (AvgIpc) is 2.79. The molecular weight excluding hydrogens is 368 g/mol. The maximum atomic E-state index is 12.0. The first-order chi connectivity index (χ1) is 14.6. The van der Waals surface area contributed by atoms with Crippen LogP contribution in [0.4, 0.5) is 0 Å². The van der Waals surface area contributed by atoms with E-state index >= 15 is 0 Å². The van der Waals surface area contributed by atoms with Crippen molar-refractivity contribution in [3.8, 4) is 0 Å².